The molecule has 0 N–H and O–H groups in total. The summed E-state index contributed by atoms with van der Waals surface area (Å²) in [5.41, 5.74) is 2.26. The van der Waals surface area contributed by atoms with Crippen molar-refractivity contribution < 1.29 is 18.6 Å². The van der Waals surface area contributed by atoms with Gasteiger partial charge < -0.3 is 18.7 Å². The summed E-state index contributed by atoms with van der Waals surface area (Å²) in [5, 5.41) is 8.11. The molecule has 0 bridgehead atoms. The first-order chi connectivity index (χ1) is 12.7. The van der Waals surface area contributed by atoms with E-state index >= 15 is 0 Å². The number of methoxy groups -OCH3 is 1. The maximum atomic E-state index is 12.9. The second-order valence-electron chi connectivity index (χ2n) is 6.32. The Labute approximate surface area is 150 Å². The van der Waals surface area contributed by atoms with E-state index in [4.69, 9.17) is 13.8 Å². The Morgan fingerprint density at radius 1 is 1.19 bits per heavy atom. The summed E-state index contributed by atoms with van der Waals surface area (Å²) in [6, 6.07) is 10.9. The van der Waals surface area contributed by atoms with Crippen LogP contribution in [0, 0.1) is 6.92 Å². The number of aromatic nitrogens is 2. The first-order valence-electron chi connectivity index (χ1n) is 8.51. The maximum absolute atomic E-state index is 12.9. The summed E-state index contributed by atoms with van der Waals surface area (Å²) >= 11 is 0. The van der Waals surface area contributed by atoms with Gasteiger partial charge in [-0.3, -0.25) is 4.79 Å². The zero-order valence-electron chi connectivity index (χ0n) is 14.6. The molecule has 3 aromatic rings. The number of hydrogen-bond acceptors (Lipinski definition) is 6. The van der Waals surface area contributed by atoms with Crippen molar-refractivity contribution in [3.63, 3.8) is 0 Å². The van der Waals surface area contributed by atoms with Crippen LogP contribution in [-0.2, 0) is 0 Å². The average molecular weight is 353 g/mol. The summed E-state index contributed by atoms with van der Waals surface area (Å²) in [5.74, 6) is 1.54. The molecule has 1 saturated heterocycles. The predicted octanol–water partition coefficient (Wildman–Crippen LogP) is 3.62. The van der Waals surface area contributed by atoms with Gasteiger partial charge in [0.2, 0.25) is 5.76 Å². The van der Waals surface area contributed by atoms with Gasteiger partial charge in [0, 0.05) is 24.2 Å². The van der Waals surface area contributed by atoms with Crippen LogP contribution in [0.25, 0.3) is 11.3 Å². The third-order valence-electron chi connectivity index (χ3n) is 4.61. The highest BCUT2D eigenvalue weighted by Crippen LogP contribution is 2.33. The van der Waals surface area contributed by atoms with Gasteiger partial charge >= 0.3 is 0 Å². The summed E-state index contributed by atoms with van der Waals surface area (Å²) in [4.78, 5) is 14.7. The maximum Gasteiger partial charge on any atom is 0.293 e. The lowest BCUT2D eigenvalue weighted by Crippen LogP contribution is -2.30. The smallest absolute Gasteiger partial charge is 0.293 e. The molecule has 7 nitrogen and oxygen atoms in total. The van der Waals surface area contributed by atoms with Crippen molar-refractivity contribution in [1.29, 1.82) is 0 Å². The molecule has 0 spiro atoms. The molecule has 134 valence electrons. The van der Waals surface area contributed by atoms with E-state index in [1.54, 1.807) is 18.1 Å². The van der Waals surface area contributed by atoms with Crippen molar-refractivity contribution in [1.82, 2.24) is 15.2 Å². The number of benzene rings is 1. The van der Waals surface area contributed by atoms with Gasteiger partial charge in [0.25, 0.3) is 5.91 Å². The molecule has 1 fully saturated rings. The molecule has 1 aromatic carbocycles. The molecule has 0 unspecified atom stereocenters. The Hall–Kier alpha value is -3.09. The summed E-state index contributed by atoms with van der Waals surface area (Å²) < 4.78 is 15.6. The highest BCUT2D eigenvalue weighted by atomic mass is 16.5. The van der Waals surface area contributed by atoms with Crippen molar-refractivity contribution in [3.8, 4) is 17.0 Å². The number of carbonyl (C=O) groups excluding carboxylic acids is 1. The van der Waals surface area contributed by atoms with Crippen LogP contribution >= 0.6 is 0 Å². The normalized spacial score (nSPS) is 16.8. The largest absolute Gasteiger partial charge is 0.497 e. The van der Waals surface area contributed by atoms with Crippen LogP contribution in [0.15, 0.2) is 45.4 Å². The molecule has 1 aliphatic heterocycles. The van der Waals surface area contributed by atoms with Gasteiger partial charge in [-0.15, -0.1) is 0 Å². The number of carbonyl (C=O) groups is 1. The van der Waals surface area contributed by atoms with E-state index in [-0.39, 0.29) is 17.7 Å². The van der Waals surface area contributed by atoms with Crippen LogP contribution < -0.4 is 4.74 Å². The Bertz CT molecular complexity index is 913. The van der Waals surface area contributed by atoms with Gasteiger partial charge in [0.1, 0.15) is 22.9 Å². The Morgan fingerprint density at radius 2 is 2.00 bits per heavy atom. The van der Waals surface area contributed by atoms with Gasteiger partial charge in [-0.25, -0.2) is 0 Å². The Balaban J connectivity index is 1.55. The minimum atomic E-state index is -0.180. The molecule has 1 atom stereocenters. The van der Waals surface area contributed by atoms with Gasteiger partial charge in [-0.2, -0.15) is 0 Å². The van der Waals surface area contributed by atoms with E-state index in [0.717, 1.165) is 35.6 Å². The lowest BCUT2D eigenvalue weighted by molar-refractivity contribution is 0.0688. The average Bonchev–Trinajstić information content (AvgIpc) is 3.41. The van der Waals surface area contributed by atoms with E-state index in [2.05, 4.69) is 10.3 Å². The lowest BCUT2D eigenvalue weighted by Gasteiger charge is -2.21. The third-order valence-corrected chi connectivity index (χ3v) is 4.61. The van der Waals surface area contributed by atoms with Crippen LogP contribution in [0.4, 0.5) is 0 Å². The first kappa shape index (κ1) is 16.4. The van der Waals surface area contributed by atoms with E-state index in [0.29, 0.717) is 12.2 Å². The molecule has 1 amide bonds. The van der Waals surface area contributed by atoms with Crippen molar-refractivity contribution >= 4 is 5.91 Å². The zero-order valence-corrected chi connectivity index (χ0v) is 14.6. The minimum absolute atomic E-state index is 0.0884. The van der Waals surface area contributed by atoms with Gasteiger partial charge in [-0.1, -0.05) is 10.3 Å². The van der Waals surface area contributed by atoms with Crippen molar-refractivity contribution in [2.24, 2.45) is 0 Å². The predicted molar refractivity (Wildman–Crippen MR) is 92.7 cm³/mol. The molecule has 3 heterocycles. The van der Waals surface area contributed by atoms with Crippen molar-refractivity contribution in [2.45, 2.75) is 25.8 Å². The highest BCUT2D eigenvalue weighted by molar-refractivity contribution is 5.92. The molecular weight excluding hydrogens is 334 g/mol. The molecule has 1 aliphatic rings. The fraction of sp³-hybridized carbons (Fsp3) is 0.316. The molecule has 0 aliphatic carbocycles. The molecular formula is C19H19N3O4. The molecule has 7 heteroatoms. The molecule has 26 heavy (non-hydrogen) atoms. The van der Waals surface area contributed by atoms with Crippen LogP contribution in [0.1, 0.15) is 40.9 Å². The zero-order chi connectivity index (χ0) is 18.1. The quantitative estimate of drug-likeness (QED) is 0.712. The number of rotatable bonds is 4. The second-order valence-corrected chi connectivity index (χ2v) is 6.32. The minimum Gasteiger partial charge on any atom is -0.497 e. The van der Waals surface area contributed by atoms with Crippen LogP contribution in [0.2, 0.25) is 0 Å². The van der Waals surface area contributed by atoms with Crippen LogP contribution in [0.3, 0.4) is 0 Å². The lowest BCUT2D eigenvalue weighted by atomic mass is 10.1. The number of ether oxygens (including phenoxy) is 1. The number of hydrogen-bond donors (Lipinski definition) is 0. The van der Waals surface area contributed by atoms with Crippen LogP contribution in [-0.4, -0.2) is 34.8 Å². The molecule has 0 radical (unpaired) electrons. The fourth-order valence-corrected chi connectivity index (χ4v) is 3.28. The first-order valence-corrected chi connectivity index (χ1v) is 8.51. The summed E-state index contributed by atoms with van der Waals surface area (Å²) in [6.07, 6.45) is 1.78. The van der Waals surface area contributed by atoms with Crippen LogP contribution in [0.5, 0.6) is 5.75 Å². The van der Waals surface area contributed by atoms with Crippen molar-refractivity contribution in [3.05, 3.63) is 53.6 Å². The number of aryl methyl sites for hydroxylation is 1. The van der Waals surface area contributed by atoms with E-state index in [1.165, 1.54) is 0 Å². The molecule has 4 rings (SSSR count). The fourth-order valence-electron chi connectivity index (χ4n) is 3.28. The Kier molecular flexibility index (Phi) is 4.20. The Morgan fingerprint density at radius 3 is 2.69 bits per heavy atom. The molecule has 2 aromatic heterocycles. The monoisotopic (exact) mass is 353 g/mol. The van der Waals surface area contributed by atoms with E-state index in [9.17, 15) is 4.79 Å². The van der Waals surface area contributed by atoms with E-state index < -0.39 is 0 Å². The topological polar surface area (TPSA) is 81.6 Å². The van der Waals surface area contributed by atoms with E-state index in [1.807, 2.05) is 37.3 Å². The SMILES string of the molecule is COc1ccc(-c2cc(C(=O)N3CCC[C@H]3c3cc(C)on3)on2)cc1. The second kappa shape index (κ2) is 6.67. The highest BCUT2D eigenvalue weighted by Gasteiger charge is 2.34. The van der Waals surface area contributed by atoms with Crippen molar-refractivity contribution in [2.75, 3.05) is 13.7 Å². The van der Waals surface area contributed by atoms with Gasteiger partial charge in [0.05, 0.1) is 13.2 Å². The summed E-state index contributed by atoms with van der Waals surface area (Å²) in [6.45, 7) is 2.50. The molecule has 0 saturated carbocycles. The third kappa shape index (κ3) is 2.96. The summed E-state index contributed by atoms with van der Waals surface area (Å²) in [7, 11) is 1.62. The standard InChI is InChI=1S/C19H19N3O4/c1-12-10-16(21-25-12)17-4-3-9-22(17)19(23)18-11-15(20-26-18)13-5-7-14(24-2)8-6-13/h5-8,10-11,17H,3-4,9H2,1-2H3/t17-/m0/s1. The van der Waals surface area contributed by atoms with Gasteiger partial charge in [0.15, 0.2) is 0 Å². The number of nitrogens with zero attached hydrogens (tertiary/aromatic N) is 3. The number of likely N-dealkylation sites (tertiary alicyclic amines) is 1. The van der Waals surface area contributed by atoms with Gasteiger partial charge in [-0.05, 0) is 44.0 Å². The number of amides is 1.